The third kappa shape index (κ3) is 3.20. The molecule has 1 heteroatoms. The molecule has 19 heavy (non-hydrogen) atoms. The van der Waals surface area contributed by atoms with Gasteiger partial charge in [0, 0.05) is 7.11 Å². The van der Waals surface area contributed by atoms with Gasteiger partial charge in [0.1, 0.15) is 0 Å². The predicted octanol–water partition coefficient (Wildman–Crippen LogP) is 5.30. The zero-order valence-electron chi connectivity index (χ0n) is 13.4. The lowest BCUT2D eigenvalue weighted by Crippen LogP contribution is -2.36. The van der Waals surface area contributed by atoms with Gasteiger partial charge in [-0.15, -0.1) is 6.58 Å². The second kappa shape index (κ2) is 5.28. The molecule has 0 radical (unpaired) electrons. The molecular formula is C18H30O. The van der Waals surface area contributed by atoms with Crippen molar-refractivity contribution in [1.82, 2.24) is 0 Å². The van der Waals surface area contributed by atoms with Gasteiger partial charge >= 0.3 is 0 Å². The molecule has 108 valence electrons. The Morgan fingerprint density at radius 1 is 1.26 bits per heavy atom. The molecule has 0 amide bonds. The first kappa shape index (κ1) is 16.2. The number of rotatable bonds is 6. The van der Waals surface area contributed by atoms with Crippen molar-refractivity contribution in [2.75, 3.05) is 7.11 Å². The molecule has 1 aliphatic carbocycles. The smallest absolute Gasteiger partial charge is 0.0937 e. The summed E-state index contributed by atoms with van der Waals surface area (Å²) in [7, 11) is 1.81. The van der Waals surface area contributed by atoms with Crippen molar-refractivity contribution in [3.63, 3.8) is 0 Å². The number of methoxy groups -OCH3 is 1. The highest BCUT2D eigenvalue weighted by Crippen LogP contribution is 2.55. The summed E-state index contributed by atoms with van der Waals surface area (Å²) in [6.07, 6.45) is 6.14. The van der Waals surface area contributed by atoms with Crippen LogP contribution < -0.4 is 0 Å². The Kier molecular flexibility index (Phi) is 4.51. The van der Waals surface area contributed by atoms with Gasteiger partial charge in [-0.25, -0.2) is 0 Å². The highest BCUT2D eigenvalue weighted by atomic mass is 16.5. The highest BCUT2D eigenvalue weighted by molar-refractivity contribution is 5.45. The minimum atomic E-state index is -0.245. The molecule has 0 aromatic heterocycles. The lowest BCUT2D eigenvalue weighted by molar-refractivity contribution is -0.0199. The van der Waals surface area contributed by atoms with Crippen molar-refractivity contribution in [1.29, 1.82) is 0 Å². The molecule has 0 saturated heterocycles. The normalized spacial score (nSPS) is 26.8. The van der Waals surface area contributed by atoms with Gasteiger partial charge in [-0.1, -0.05) is 46.9 Å². The van der Waals surface area contributed by atoms with Crippen molar-refractivity contribution in [2.24, 2.45) is 10.8 Å². The van der Waals surface area contributed by atoms with E-state index in [1.807, 2.05) is 13.2 Å². The van der Waals surface area contributed by atoms with Crippen LogP contribution in [0.2, 0.25) is 0 Å². The molecule has 0 aliphatic heterocycles. The lowest BCUT2D eigenvalue weighted by Gasteiger charge is -2.38. The Morgan fingerprint density at radius 3 is 2.21 bits per heavy atom. The van der Waals surface area contributed by atoms with Crippen molar-refractivity contribution < 1.29 is 4.74 Å². The molecule has 1 saturated carbocycles. The van der Waals surface area contributed by atoms with E-state index in [0.717, 1.165) is 36.8 Å². The zero-order chi connectivity index (χ0) is 14.9. The number of ether oxygens (including phenoxy) is 1. The third-order valence-electron chi connectivity index (χ3n) is 4.64. The summed E-state index contributed by atoms with van der Waals surface area (Å²) >= 11 is 0. The molecule has 1 fully saturated rings. The molecule has 1 rings (SSSR count). The fourth-order valence-electron chi connectivity index (χ4n) is 3.40. The van der Waals surface area contributed by atoms with Crippen molar-refractivity contribution in [2.45, 2.75) is 59.0 Å². The topological polar surface area (TPSA) is 9.23 Å². The third-order valence-corrected chi connectivity index (χ3v) is 4.64. The van der Waals surface area contributed by atoms with Crippen LogP contribution in [0, 0.1) is 10.8 Å². The Bertz CT molecular complexity index is 386. The summed E-state index contributed by atoms with van der Waals surface area (Å²) in [5.41, 5.74) is 2.29. The fraction of sp³-hybridized carbons (Fsp3) is 0.667. The van der Waals surface area contributed by atoms with Crippen molar-refractivity contribution >= 4 is 0 Å². The number of hydrogen-bond donors (Lipinski definition) is 0. The molecule has 0 bridgehead atoms. The molecule has 1 nitrogen and oxygen atoms in total. The van der Waals surface area contributed by atoms with E-state index in [0.29, 0.717) is 0 Å². The summed E-state index contributed by atoms with van der Waals surface area (Å²) < 4.78 is 5.95. The highest BCUT2D eigenvalue weighted by Gasteiger charge is 2.50. The van der Waals surface area contributed by atoms with Gasteiger partial charge in [0.15, 0.2) is 0 Å². The summed E-state index contributed by atoms with van der Waals surface area (Å²) in [5.74, 6) is 0. The van der Waals surface area contributed by atoms with Gasteiger partial charge in [-0.2, -0.15) is 0 Å². The first-order chi connectivity index (χ1) is 8.60. The Balaban J connectivity index is 2.98. The predicted molar refractivity (Wildman–Crippen MR) is 84.2 cm³/mol. The van der Waals surface area contributed by atoms with Gasteiger partial charge in [0.2, 0.25) is 0 Å². The molecule has 0 aromatic carbocycles. The van der Waals surface area contributed by atoms with E-state index in [9.17, 15) is 0 Å². The van der Waals surface area contributed by atoms with E-state index in [-0.39, 0.29) is 16.4 Å². The number of hydrogen-bond acceptors (Lipinski definition) is 1. The van der Waals surface area contributed by atoms with E-state index >= 15 is 0 Å². The first-order valence-electron chi connectivity index (χ1n) is 7.15. The summed E-state index contributed by atoms with van der Waals surface area (Å²) in [4.78, 5) is 0. The van der Waals surface area contributed by atoms with Crippen LogP contribution in [-0.4, -0.2) is 12.7 Å². The first-order valence-corrected chi connectivity index (χ1v) is 7.15. The molecule has 0 aromatic rings. The average molecular weight is 262 g/mol. The van der Waals surface area contributed by atoms with Gasteiger partial charge < -0.3 is 4.74 Å². The Labute approximate surface area is 119 Å². The SMILES string of the molecule is C=CCCC(C)(C)CC1(OC)CC(C)(C)C(=C)C1=C. The Morgan fingerprint density at radius 2 is 1.84 bits per heavy atom. The maximum absolute atomic E-state index is 5.95. The van der Waals surface area contributed by atoms with Gasteiger partial charge in [-0.3, -0.25) is 0 Å². The fourth-order valence-corrected chi connectivity index (χ4v) is 3.40. The molecule has 1 atom stereocenters. The molecular weight excluding hydrogens is 232 g/mol. The maximum Gasteiger partial charge on any atom is 0.0937 e. The molecule has 1 unspecified atom stereocenters. The van der Waals surface area contributed by atoms with E-state index in [4.69, 9.17) is 4.74 Å². The summed E-state index contributed by atoms with van der Waals surface area (Å²) in [6.45, 7) is 21.4. The van der Waals surface area contributed by atoms with Crippen LogP contribution in [0.15, 0.2) is 37.0 Å². The summed E-state index contributed by atoms with van der Waals surface area (Å²) in [6, 6.07) is 0. The van der Waals surface area contributed by atoms with Crippen LogP contribution in [0.5, 0.6) is 0 Å². The van der Waals surface area contributed by atoms with Crippen LogP contribution in [0.4, 0.5) is 0 Å². The quantitative estimate of drug-likeness (QED) is 0.590. The second-order valence-corrected chi connectivity index (χ2v) is 7.38. The van der Waals surface area contributed by atoms with Crippen LogP contribution in [0.25, 0.3) is 0 Å². The molecule has 1 aliphatic rings. The van der Waals surface area contributed by atoms with Crippen LogP contribution in [0.1, 0.15) is 53.4 Å². The standard InChI is InChI=1S/C18H30O/c1-9-10-11-16(4,5)12-18(19-8)13-17(6,7)14(2)15(18)3/h9H,1-3,10-13H2,4-8H3. The maximum atomic E-state index is 5.95. The molecule has 0 N–H and O–H groups in total. The average Bonchev–Trinajstić information content (AvgIpc) is 2.48. The van der Waals surface area contributed by atoms with E-state index in [2.05, 4.69) is 47.4 Å². The van der Waals surface area contributed by atoms with Crippen LogP contribution >= 0.6 is 0 Å². The monoisotopic (exact) mass is 262 g/mol. The minimum absolute atomic E-state index is 0.0849. The molecule has 0 spiro atoms. The van der Waals surface area contributed by atoms with Crippen LogP contribution in [0.3, 0.4) is 0 Å². The van der Waals surface area contributed by atoms with Crippen molar-refractivity contribution in [3.8, 4) is 0 Å². The van der Waals surface area contributed by atoms with Gasteiger partial charge in [0.05, 0.1) is 5.60 Å². The van der Waals surface area contributed by atoms with Crippen LogP contribution in [-0.2, 0) is 4.74 Å². The van der Waals surface area contributed by atoms with E-state index < -0.39 is 0 Å². The zero-order valence-corrected chi connectivity index (χ0v) is 13.4. The minimum Gasteiger partial charge on any atom is -0.373 e. The van der Waals surface area contributed by atoms with E-state index in [1.54, 1.807) is 0 Å². The molecule has 0 heterocycles. The largest absolute Gasteiger partial charge is 0.373 e. The van der Waals surface area contributed by atoms with Gasteiger partial charge in [-0.05, 0) is 47.7 Å². The Hall–Kier alpha value is -0.820. The van der Waals surface area contributed by atoms with Crippen molar-refractivity contribution in [3.05, 3.63) is 37.0 Å². The lowest BCUT2D eigenvalue weighted by atomic mass is 9.74. The summed E-state index contributed by atoms with van der Waals surface area (Å²) in [5, 5.41) is 0. The number of allylic oxidation sites excluding steroid dienone is 1. The second-order valence-electron chi connectivity index (χ2n) is 7.38. The van der Waals surface area contributed by atoms with E-state index in [1.165, 1.54) is 0 Å². The van der Waals surface area contributed by atoms with Gasteiger partial charge in [0.25, 0.3) is 0 Å².